The van der Waals surface area contributed by atoms with Crippen LogP contribution in [-0.2, 0) is 4.79 Å². The molecule has 7 nitrogen and oxygen atoms in total. The van der Waals surface area contributed by atoms with E-state index in [1.807, 2.05) is 6.07 Å². The summed E-state index contributed by atoms with van der Waals surface area (Å²) in [6, 6.07) is 5.07. The molecule has 0 saturated carbocycles. The summed E-state index contributed by atoms with van der Waals surface area (Å²) < 4.78 is 1.47. The highest BCUT2D eigenvalue weighted by Crippen LogP contribution is 2.18. The zero-order valence-electron chi connectivity index (χ0n) is 9.19. The van der Waals surface area contributed by atoms with Crippen molar-refractivity contribution in [2.45, 2.75) is 19.4 Å². The molecule has 0 bridgehead atoms. The van der Waals surface area contributed by atoms with Crippen LogP contribution >= 0.6 is 0 Å². The minimum Gasteiger partial charge on any atom is -0.481 e. The van der Waals surface area contributed by atoms with Crippen molar-refractivity contribution < 1.29 is 9.90 Å². The van der Waals surface area contributed by atoms with Gasteiger partial charge in [0.2, 0.25) is 5.82 Å². The first-order valence-corrected chi connectivity index (χ1v) is 5.09. The summed E-state index contributed by atoms with van der Waals surface area (Å²) in [7, 11) is 0. The molecule has 0 aliphatic carbocycles. The van der Waals surface area contributed by atoms with Gasteiger partial charge in [0.05, 0.1) is 12.5 Å². The van der Waals surface area contributed by atoms with Crippen molar-refractivity contribution in [3.05, 3.63) is 24.4 Å². The van der Waals surface area contributed by atoms with Crippen LogP contribution in [0, 0.1) is 0 Å². The molecule has 0 radical (unpaired) electrons. The van der Waals surface area contributed by atoms with Crippen LogP contribution in [-0.4, -0.2) is 36.3 Å². The highest BCUT2D eigenvalue weighted by molar-refractivity contribution is 5.67. The Kier molecular flexibility index (Phi) is 3.08. The molecule has 17 heavy (non-hydrogen) atoms. The third-order valence-electron chi connectivity index (χ3n) is 2.27. The minimum atomic E-state index is -0.889. The Morgan fingerprint density at radius 2 is 2.35 bits per heavy atom. The van der Waals surface area contributed by atoms with Gasteiger partial charge >= 0.3 is 5.97 Å². The monoisotopic (exact) mass is 233 g/mol. The topological polar surface area (TPSA) is 93.8 Å². The number of aliphatic carboxylic acids is 1. The van der Waals surface area contributed by atoms with Gasteiger partial charge in [-0.25, -0.2) is 4.68 Å². The van der Waals surface area contributed by atoms with E-state index in [1.54, 1.807) is 25.3 Å². The Morgan fingerprint density at radius 3 is 3.00 bits per heavy atom. The third kappa shape index (κ3) is 2.44. The first-order valence-electron chi connectivity index (χ1n) is 5.09. The van der Waals surface area contributed by atoms with E-state index in [0.29, 0.717) is 11.5 Å². The molecule has 2 aromatic rings. The zero-order chi connectivity index (χ0) is 12.3. The number of tetrazole rings is 1. The van der Waals surface area contributed by atoms with E-state index in [-0.39, 0.29) is 12.5 Å². The van der Waals surface area contributed by atoms with Gasteiger partial charge < -0.3 is 5.11 Å². The lowest BCUT2D eigenvalue weighted by Crippen LogP contribution is -2.13. The summed E-state index contributed by atoms with van der Waals surface area (Å²) >= 11 is 0. The Morgan fingerprint density at radius 1 is 1.53 bits per heavy atom. The van der Waals surface area contributed by atoms with Crippen LogP contribution < -0.4 is 0 Å². The van der Waals surface area contributed by atoms with Gasteiger partial charge in [-0.1, -0.05) is 6.07 Å². The Labute approximate surface area is 97.1 Å². The molecule has 2 aromatic heterocycles. The van der Waals surface area contributed by atoms with Gasteiger partial charge in [-0.3, -0.25) is 9.78 Å². The molecule has 0 aliphatic rings. The fourth-order valence-corrected chi connectivity index (χ4v) is 1.49. The van der Waals surface area contributed by atoms with Crippen molar-refractivity contribution in [1.82, 2.24) is 25.2 Å². The van der Waals surface area contributed by atoms with E-state index >= 15 is 0 Å². The quantitative estimate of drug-likeness (QED) is 0.838. The number of hydrogen-bond donors (Lipinski definition) is 1. The maximum absolute atomic E-state index is 10.7. The average Bonchev–Trinajstić information content (AvgIpc) is 2.78. The van der Waals surface area contributed by atoms with Crippen molar-refractivity contribution in [1.29, 1.82) is 0 Å². The molecule has 2 rings (SSSR count). The van der Waals surface area contributed by atoms with Crippen LogP contribution in [0.1, 0.15) is 19.4 Å². The lowest BCUT2D eigenvalue weighted by Gasteiger charge is -2.10. The summed E-state index contributed by atoms with van der Waals surface area (Å²) in [6.07, 6.45) is 1.60. The van der Waals surface area contributed by atoms with E-state index in [4.69, 9.17) is 5.11 Å². The molecule has 0 fully saturated rings. The first-order chi connectivity index (χ1) is 8.18. The molecular formula is C10H11N5O2. The number of carboxylic acid groups (broad SMARTS) is 1. The fraction of sp³-hybridized carbons (Fsp3) is 0.300. The molecule has 1 N–H and O–H groups in total. The van der Waals surface area contributed by atoms with Crippen LogP contribution in [0.2, 0.25) is 0 Å². The van der Waals surface area contributed by atoms with Gasteiger partial charge in [0.15, 0.2) is 0 Å². The molecule has 0 spiro atoms. The highest BCUT2D eigenvalue weighted by Gasteiger charge is 2.17. The van der Waals surface area contributed by atoms with E-state index in [0.717, 1.165) is 0 Å². The predicted molar refractivity (Wildman–Crippen MR) is 58.0 cm³/mol. The van der Waals surface area contributed by atoms with Crippen molar-refractivity contribution in [3.63, 3.8) is 0 Å². The summed E-state index contributed by atoms with van der Waals surface area (Å²) in [5.74, 6) is -0.417. The number of hydrogen-bond acceptors (Lipinski definition) is 5. The number of pyridine rings is 1. The largest absolute Gasteiger partial charge is 0.481 e. The molecule has 0 aliphatic heterocycles. The van der Waals surface area contributed by atoms with Crippen molar-refractivity contribution in [2.75, 3.05) is 0 Å². The van der Waals surface area contributed by atoms with Crippen molar-refractivity contribution in [2.24, 2.45) is 0 Å². The molecule has 1 unspecified atom stereocenters. The molecule has 1 atom stereocenters. The zero-order valence-corrected chi connectivity index (χ0v) is 9.19. The molecule has 0 saturated heterocycles. The predicted octanol–water partition coefficient (Wildman–Crippen LogP) is 0.771. The van der Waals surface area contributed by atoms with Crippen LogP contribution in [0.3, 0.4) is 0 Å². The Balaban J connectivity index is 2.32. The number of aromatic nitrogens is 5. The standard InChI is InChI=1S/C10H11N5O2/c1-7(6-9(16)17)15-10(12-13-14-15)8-4-2-3-5-11-8/h2-5,7H,6H2,1H3,(H,16,17). The molecular weight excluding hydrogens is 222 g/mol. The SMILES string of the molecule is CC(CC(=O)O)n1nnnc1-c1ccccn1. The van der Waals surface area contributed by atoms with Crippen molar-refractivity contribution >= 4 is 5.97 Å². The smallest absolute Gasteiger partial charge is 0.305 e. The van der Waals surface area contributed by atoms with Crippen LogP contribution in [0.25, 0.3) is 11.5 Å². The van der Waals surface area contributed by atoms with Gasteiger partial charge in [0.25, 0.3) is 0 Å². The number of carboxylic acids is 1. The van der Waals surface area contributed by atoms with Gasteiger partial charge in [-0.05, 0) is 29.5 Å². The minimum absolute atomic E-state index is 0.0368. The normalized spacial score (nSPS) is 12.3. The maximum Gasteiger partial charge on any atom is 0.305 e. The molecule has 88 valence electrons. The highest BCUT2D eigenvalue weighted by atomic mass is 16.4. The van der Waals surface area contributed by atoms with E-state index in [1.165, 1.54) is 4.68 Å². The molecule has 2 heterocycles. The second kappa shape index (κ2) is 4.69. The maximum atomic E-state index is 10.7. The van der Waals surface area contributed by atoms with Crippen LogP contribution in [0.4, 0.5) is 0 Å². The van der Waals surface area contributed by atoms with Gasteiger partial charge in [0.1, 0.15) is 5.69 Å². The van der Waals surface area contributed by atoms with E-state index in [9.17, 15) is 4.79 Å². The second-order valence-electron chi connectivity index (χ2n) is 3.61. The average molecular weight is 233 g/mol. The van der Waals surface area contributed by atoms with E-state index in [2.05, 4.69) is 20.5 Å². The van der Waals surface area contributed by atoms with Crippen LogP contribution in [0.15, 0.2) is 24.4 Å². The fourth-order valence-electron chi connectivity index (χ4n) is 1.49. The number of nitrogens with zero attached hydrogens (tertiary/aromatic N) is 5. The van der Waals surface area contributed by atoms with Crippen molar-refractivity contribution in [3.8, 4) is 11.5 Å². The lowest BCUT2D eigenvalue weighted by atomic mass is 10.2. The Hall–Kier alpha value is -2.31. The summed E-state index contributed by atoms with van der Waals surface area (Å²) in [4.78, 5) is 14.8. The molecule has 7 heteroatoms. The first kappa shape index (κ1) is 11.2. The van der Waals surface area contributed by atoms with E-state index < -0.39 is 5.97 Å². The van der Waals surface area contributed by atoms with Gasteiger partial charge in [-0.2, -0.15) is 0 Å². The summed E-state index contributed by atoms with van der Waals surface area (Å²) in [6.45, 7) is 1.75. The number of carbonyl (C=O) groups is 1. The summed E-state index contributed by atoms with van der Waals surface area (Å²) in [5, 5.41) is 20.0. The lowest BCUT2D eigenvalue weighted by molar-refractivity contribution is -0.137. The molecule has 0 aromatic carbocycles. The number of rotatable bonds is 4. The molecule has 0 amide bonds. The van der Waals surface area contributed by atoms with Crippen LogP contribution in [0.5, 0.6) is 0 Å². The second-order valence-corrected chi connectivity index (χ2v) is 3.61. The van der Waals surface area contributed by atoms with Gasteiger partial charge in [-0.15, -0.1) is 5.10 Å². The third-order valence-corrected chi connectivity index (χ3v) is 2.27. The Bertz CT molecular complexity index is 510. The van der Waals surface area contributed by atoms with Gasteiger partial charge in [0, 0.05) is 6.20 Å². The summed E-state index contributed by atoms with van der Waals surface area (Å²) in [5.41, 5.74) is 0.620.